The minimum Gasteiger partial charge on any atom is -0.353 e. The Kier molecular flexibility index (Phi) is 2.96. The highest BCUT2D eigenvalue weighted by Crippen LogP contribution is 2.41. The third kappa shape index (κ3) is 2.02. The van der Waals surface area contributed by atoms with Gasteiger partial charge in [0.2, 0.25) is 0 Å². The smallest absolute Gasteiger partial charge is 0.146 e. The monoisotopic (exact) mass is 335 g/mol. The van der Waals surface area contributed by atoms with Crippen LogP contribution in [-0.4, -0.2) is 52.7 Å². The lowest BCUT2D eigenvalue weighted by Gasteiger charge is -2.33. The van der Waals surface area contributed by atoms with Crippen LogP contribution in [0.15, 0.2) is 17.0 Å². The molecule has 2 aliphatic rings. The summed E-state index contributed by atoms with van der Waals surface area (Å²) in [6.45, 7) is 4.24. The standard InChI is InChI=1S/C14H18BrN5/c1-18-4-6-19(7-5-18)13-12-11(15)8-20(10-2-3-10)14(12)17-9-16-13/h8-10H,2-7H2,1H3. The number of aromatic nitrogens is 3. The molecular weight excluding hydrogens is 318 g/mol. The van der Waals surface area contributed by atoms with Crippen LogP contribution in [0.4, 0.5) is 5.82 Å². The second kappa shape index (κ2) is 4.70. The van der Waals surface area contributed by atoms with Crippen LogP contribution in [-0.2, 0) is 0 Å². The van der Waals surface area contributed by atoms with Gasteiger partial charge in [0.15, 0.2) is 0 Å². The Hall–Kier alpha value is -1.14. The average Bonchev–Trinajstić information content (AvgIpc) is 3.24. The van der Waals surface area contributed by atoms with E-state index in [-0.39, 0.29) is 0 Å². The van der Waals surface area contributed by atoms with Gasteiger partial charge in [-0.2, -0.15) is 0 Å². The molecule has 2 fully saturated rings. The molecule has 1 aliphatic heterocycles. The van der Waals surface area contributed by atoms with Crippen LogP contribution in [0.5, 0.6) is 0 Å². The molecule has 0 spiro atoms. The maximum Gasteiger partial charge on any atom is 0.146 e. The summed E-state index contributed by atoms with van der Waals surface area (Å²) in [5.74, 6) is 1.08. The van der Waals surface area contributed by atoms with Gasteiger partial charge in [0.1, 0.15) is 17.8 Å². The summed E-state index contributed by atoms with van der Waals surface area (Å²) >= 11 is 3.71. The van der Waals surface area contributed by atoms with Gasteiger partial charge in [-0.1, -0.05) is 0 Å². The largest absolute Gasteiger partial charge is 0.353 e. The maximum atomic E-state index is 4.56. The summed E-state index contributed by atoms with van der Waals surface area (Å²) in [5, 5.41) is 1.17. The lowest BCUT2D eigenvalue weighted by atomic mass is 10.3. The summed E-state index contributed by atoms with van der Waals surface area (Å²) < 4.78 is 3.43. The number of likely N-dealkylation sites (N-methyl/N-ethyl adjacent to an activating group) is 1. The van der Waals surface area contributed by atoms with E-state index < -0.39 is 0 Å². The van der Waals surface area contributed by atoms with E-state index in [0.29, 0.717) is 6.04 Å². The Morgan fingerprint density at radius 1 is 1.15 bits per heavy atom. The van der Waals surface area contributed by atoms with Gasteiger partial charge in [-0.05, 0) is 35.8 Å². The zero-order chi connectivity index (χ0) is 13.7. The molecule has 0 unspecified atom stereocenters. The summed E-state index contributed by atoms with van der Waals surface area (Å²) in [5.41, 5.74) is 1.07. The molecule has 0 bridgehead atoms. The molecule has 1 aliphatic carbocycles. The Labute approximate surface area is 126 Å². The first-order chi connectivity index (χ1) is 9.74. The molecule has 3 heterocycles. The van der Waals surface area contributed by atoms with Crippen molar-refractivity contribution >= 4 is 32.8 Å². The third-order valence-corrected chi connectivity index (χ3v) is 4.89. The van der Waals surface area contributed by atoms with E-state index in [4.69, 9.17) is 0 Å². The molecule has 5 nitrogen and oxygen atoms in total. The molecule has 0 N–H and O–H groups in total. The predicted octanol–water partition coefficient (Wildman–Crippen LogP) is 2.28. The van der Waals surface area contributed by atoms with Crippen LogP contribution in [0.2, 0.25) is 0 Å². The zero-order valence-corrected chi connectivity index (χ0v) is 13.2. The van der Waals surface area contributed by atoms with Crippen molar-refractivity contribution < 1.29 is 0 Å². The Balaban J connectivity index is 1.79. The van der Waals surface area contributed by atoms with E-state index in [9.17, 15) is 0 Å². The Bertz CT molecular complexity index is 640. The van der Waals surface area contributed by atoms with Gasteiger partial charge in [-0.25, -0.2) is 9.97 Å². The van der Waals surface area contributed by atoms with Gasteiger partial charge < -0.3 is 14.4 Å². The van der Waals surface area contributed by atoms with Crippen LogP contribution >= 0.6 is 15.9 Å². The lowest BCUT2D eigenvalue weighted by Crippen LogP contribution is -2.44. The molecule has 6 heteroatoms. The lowest BCUT2D eigenvalue weighted by molar-refractivity contribution is 0.312. The van der Waals surface area contributed by atoms with Gasteiger partial charge in [0.25, 0.3) is 0 Å². The van der Waals surface area contributed by atoms with Crippen LogP contribution < -0.4 is 4.90 Å². The molecule has 4 rings (SSSR count). The van der Waals surface area contributed by atoms with Gasteiger partial charge in [0.05, 0.1) is 5.39 Å². The van der Waals surface area contributed by atoms with Crippen molar-refractivity contribution in [2.24, 2.45) is 0 Å². The van der Waals surface area contributed by atoms with Crippen molar-refractivity contribution in [2.45, 2.75) is 18.9 Å². The van der Waals surface area contributed by atoms with E-state index in [2.05, 4.69) is 53.5 Å². The van der Waals surface area contributed by atoms with Crippen molar-refractivity contribution in [3.05, 3.63) is 17.0 Å². The second-order valence-corrected chi connectivity index (χ2v) is 6.66. The molecule has 0 radical (unpaired) electrons. The van der Waals surface area contributed by atoms with Crippen molar-refractivity contribution in [1.29, 1.82) is 0 Å². The van der Waals surface area contributed by atoms with Crippen molar-refractivity contribution in [3.63, 3.8) is 0 Å². The highest BCUT2D eigenvalue weighted by Gasteiger charge is 2.28. The molecular formula is C14H18BrN5. The number of anilines is 1. The molecule has 20 heavy (non-hydrogen) atoms. The fraction of sp³-hybridized carbons (Fsp3) is 0.571. The first kappa shape index (κ1) is 12.6. The Morgan fingerprint density at radius 3 is 2.60 bits per heavy atom. The second-order valence-electron chi connectivity index (χ2n) is 5.80. The van der Waals surface area contributed by atoms with E-state index in [1.54, 1.807) is 6.33 Å². The highest BCUT2D eigenvalue weighted by atomic mass is 79.9. The normalized spacial score (nSPS) is 20.8. The van der Waals surface area contributed by atoms with Crippen LogP contribution in [0.1, 0.15) is 18.9 Å². The topological polar surface area (TPSA) is 37.2 Å². The fourth-order valence-corrected chi connectivity index (χ4v) is 3.49. The number of rotatable bonds is 2. The SMILES string of the molecule is CN1CCN(c2ncnc3c2c(Br)cn3C2CC2)CC1. The van der Waals surface area contributed by atoms with Gasteiger partial charge in [0, 0.05) is 42.9 Å². The number of halogens is 1. The maximum absolute atomic E-state index is 4.56. The van der Waals surface area contributed by atoms with Crippen LogP contribution in [0.25, 0.3) is 11.0 Å². The number of nitrogens with zero attached hydrogens (tertiary/aromatic N) is 5. The van der Waals surface area contributed by atoms with Gasteiger partial charge in [-0.15, -0.1) is 0 Å². The molecule has 1 saturated carbocycles. The van der Waals surface area contributed by atoms with Crippen LogP contribution in [0.3, 0.4) is 0 Å². The zero-order valence-electron chi connectivity index (χ0n) is 11.6. The first-order valence-corrected chi connectivity index (χ1v) is 7.98. The molecule has 0 aromatic carbocycles. The average molecular weight is 336 g/mol. The number of piperazine rings is 1. The summed E-state index contributed by atoms with van der Waals surface area (Å²) in [7, 11) is 2.17. The van der Waals surface area contributed by atoms with E-state index in [1.807, 2.05) is 0 Å². The van der Waals surface area contributed by atoms with E-state index in [0.717, 1.165) is 42.1 Å². The number of hydrogen-bond donors (Lipinski definition) is 0. The number of hydrogen-bond acceptors (Lipinski definition) is 4. The van der Waals surface area contributed by atoms with Gasteiger partial charge in [-0.3, -0.25) is 0 Å². The minimum absolute atomic E-state index is 0.638. The summed E-state index contributed by atoms with van der Waals surface area (Å²) in [4.78, 5) is 13.8. The summed E-state index contributed by atoms with van der Waals surface area (Å²) in [6.07, 6.45) is 6.42. The predicted molar refractivity (Wildman–Crippen MR) is 83.2 cm³/mol. The van der Waals surface area contributed by atoms with E-state index >= 15 is 0 Å². The molecule has 2 aromatic rings. The Morgan fingerprint density at radius 2 is 1.90 bits per heavy atom. The first-order valence-electron chi connectivity index (χ1n) is 7.18. The van der Waals surface area contributed by atoms with Crippen molar-refractivity contribution in [2.75, 3.05) is 38.1 Å². The molecule has 106 valence electrons. The van der Waals surface area contributed by atoms with Gasteiger partial charge >= 0.3 is 0 Å². The molecule has 0 atom stereocenters. The summed E-state index contributed by atoms with van der Waals surface area (Å²) in [6, 6.07) is 0.638. The highest BCUT2D eigenvalue weighted by molar-refractivity contribution is 9.10. The number of fused-ring (bicyclic) bond motifs is 1. The fourth-order valence-electron chi connectivity index (χ4n) is 2.91. The van der Waals surface area contributed by atoms with Crippen molar-refractivity contribution in [1.82, 2.24) is 19.4 Å². The minimum atomic E-state index is 0.638. The quantitative estimate of drug-likeness (QED) is 0.843. The van der Waals surface area contributed by atoms with Crippen LogP contribution in [0, 0.1) is 0 Å². The molecule has 2 aromatic heterocycles. The molecule has 0 amide bonds. The van der Waals surface area contributed by atoms with Crippen molar-refractivity contribution in [3.8, 4) is 0 Å². The molecule has 1 saturated heterocycles. The third-order valence-electron chi connectivity index (χ3n) is 4.29. The van der Waals surface area contributed by atoms with E-state index in [1.165, 1.54) is 18.2 Å².